The van der Waals surface area contributed by atoms with E-state index in [1.54, 1.807) is 0 Å². The Hall–Kier alpha value is -2.55. The quantitative estimate of drug-likeness (QED) is 0.528. The molecule has 3 heteroatoms. The topological polar surface area (TPSA) is 46.2 Å². The molecule has 3 rings (SSSR count). The lowest BCUT2D eigenvalue weighted by molar-refractivity contribution is 0.0688. The number of carbonyl (C=O) groups is 1. The zero-order valence-electron chi connectivity index (χ0n) is 10.8. The van der Waals surface area contributed by atoms with Crippen molar-refractivity contribution in [2.45, 2.75) is 6.42 Å². The summed E-state index contributed by atoms with van der Waals surface area (Å²) >= 11 is 0. The van der Waals surface area contributed by atoms with Crippen LogP contribution >= 0.6 is 0 Å². The summed E-state index contributed by atoms with van der Waals surface area (Å²) in [4.78, 5) is 10.3. The van der Waals surface area contributed by atoms with Crippen LogP contribution in [0, 0.1) is 0 Å². The summed E-state index contributed by atoms with van der Waals surface area (Å²) in [7, 11) is 0. The van der Waals surface area contributed by atoms with Crippen molar-refractivity contribution in [2.75, 3.05) is 6.61 Å². The van der Waals surface area contributed by atoms with Crippen molar-refractivity contribution in [1.29, 1.82) is 0 Å². The highest BCUT2D eigenvalue weighted by atomic mass is 16.7. The second-order valence-electron chi connectivity index (χ2n) is 4.65. The maximum absolute atomic E-state index is 10.3. The standard InChI is InChI=1S/C17H13O3/c18-17(19)20-11-10-13-5-3-7-16-14-6-2-1-4-12(14)8-9-15(13)16/h1-9H,10-11H2. The fraction of sp³-hybridized carbons (Fsp3) is 0.118. The van der Waals surface area contributed by atoms with E-state index in [4.69, 9.17) is 0 Å². The molecule has 99 valence electrons. The summed E-state index contributed by atoms with van der Waals surface area (Å²) in [6.45, 7) is 0.119. The molecule has 0 heterocycles. The number of hydrogen-bond acceptors (Lipinski definition) is 2. The summed E-state index contributed by atoms with van der Waals surface area (Å²) in [5.41, 5.74) is 1.08. The van der Waals surface area contributed by atoms with Gasteiger partial charge < -0.3 is 4.74 Å². The lowest BCUT2D eigenvalue weighted by atomic mass is 9.97. The smallest absolute Gasteiger partial charge is 0.431 e. The molecule has 0 aliphatic carbocycles. The lowest BCUT2D eigenvalue weighted by Crippen LogP contribution is -2.03. The van der Waals surface area contributed by atoms with Gasteiger partial charge in [0.15, 0.2) is 0 Å². The van der Waals surface area contributed by atoms with Crippen LogP contribution in [0.1, 0.15) is 5.56 Å². The molecular formula is C17H13O3. The molecule has 0 saturated carbocycles. The van der Waals surface area contributed by atoms with Crippen molar-refractivity contribution in [3.05, 3.63) is 60.2 Å². The Morgan fingerprint density at radius 1 is 0.850 bits per heavy atom. The van der Waals surface area contributed by atoms with Gasteiger partial charge in [0.2, 0.25) is 0 Å². The van der Waals surface area contributed by atoms with Crippen molar-refractivity contribution in [1.82, 2.24) is 0 Å². The Balaban J connectivity index is 2.06. The van der Waals surface area contributed by atoms with Crippen LogP contribution in [0.15, 0.2) is 54.6 Å². The molecule has 3 aromatic rings. The second-order valence-corrected chi connectivity index (χ2v) is 4.65. The summed E-state index contributed by atoms with van der Waals surface area (Å²) in [6, 6.07) is 18.4. The van der Waals surface area contributed by atoms with E-state index in [9.17, 15) is 9.90 Å². The first-order valence-electron chi connectivity index (χ1n) is 6.49. The number of carbonyl (C=O) groups excluding carboxylic acids is 1. The fourth-order valence-electron chi connectivity index (χ4n) is 2.57. The number of hydrogen-bond donors (Lipinski definition) is 0. The van der Waals surface area contributed by atoms with Crippen molar-refractivity contribution >= 4 is 27.7 Å². The van der Waals surface area contributed by atoms with Gasteiger partial charge in [-0.05, 0) is 27.1 Å². The average molecular weight is 265 g/mol. The SMILES string of the molecule is [O]C(=O)OCCc1cccc2c1ccc1ccccc12. The van der Waals surface area contributed by atoms with Crippen molar-refractivity contribution in [3.63, 3.8) is 0 Å². The van der Waals surface area contributed by atoms with Crippen LogP contribution in [0.4, 0.5) is 4.79 Å². The number of fused-ring (bicyclic) bond motifs is 3. The third-order valence-electron chi connectivity index (χ3n) is 3.47. The van der Waals surface area contributed by atoms with E-state index >= 15 is 0 Å². The van der Waals surface area contributed by atoms with E-state index < -0.39 is 6.16 Å². The van der Waals surface area contributed by atoms with Gasteiger partial charge >= 0.3 is 6.16 Å². The summed E-state index contributed by atoms with van der Waals surface area (Å²) < 4.78 is 4.49. The van der Waals surface area contributed by atoms with Gasteiger partial charge in [-0.25, -0.2) is 0 Å². The Bertz CT molecular complexity index is 777. The Morgan fingerprint density at radius 3 is 2.50 bits per heavy atom. The minimum absolute atomic E-state index is 0.119. The lowest BCUT2D eigenvalue weighted by Gasteiger charge is -2.08. The fourth-order valence-corrected chi connectivity index (χ4v) is 2.57. The van der Waals surface area contributed by atoms with E-state index in [-0.39, 0.29) is 6.61 Å². The van der Waals surface area contributed by atoms with Gasteiger partial charge in [-0.3, -0.25) is 0 Å². The van der Waals surface area contributed by atoms with Crippen LogP contribution in [-0.4, -0.2) is 12.8 Å². The van der Waals surface area contributed by atoms with E-state index in [1.807, 2.05) is 24.3 Å². The highest BCUT2D eigenvalue weighted by molar-refractivity contribution is 6.08. The van der Waals surface area contributed by atoms with Crippen LogP contribution in [0.5, 0.6) is 0 Å². The highest BCUT2D eigenvalue weighted by Crippen LogP contribution is 2.27. The molecule has 3 aromatic carbocycles. The third kappa shape index (κ3) is 2.30. The molecule has 0 unspecified atom stereocenters. The van der Waals surface area contributed by atoms with Gasteiger partial charge in [-0.15, -0.1) is 0 Å². The van der Waals surface area contributed by atoms with Crippen LogP contribution in [0.2, 0.25) is 0 Å². The van der Waals surface area contributed by atoms with Crippen LogP contribution in [-0.2, 0) is 16.3 Å². The summed E-state index contributed by atoms with van der Waals surface area (Å²) in [6.07, 6.45) is -0.931. The van der Waals surface area contributed by atoms with E-state index in [0.717, 1.165) is 10.9 Å². The maximum Gasteiger partial charge on any atom is 0.550 e. The summed E-state index contributed by atoms with van der Waals surface area (Å²) in [5.74, 6) is 0. The van der Waals surface area contributed by atoms with E-state index in [1.165, 1.54) is 16.2 Å². The van der Waals surface area contributed by atoms with Gasteiger partial charge in [0.1, 0.15) is 0 Å². The molecule has 0 bridgehead atoms. The molecule has 1 radical (unpaired) electrons. The molecule has 0 amide bonds. The zero-order chi connectivity index (χ0) is 13.9. The zero-order valence-corrected chi connectivity index (χ0v) is 10.8. The molecule has 0 atom stereocenters. The van der Waals surface area contributed by atoms with Crippen LogP contribution in [0.25, 0.3) is 21.5 Å². The molecule has 0 aliphatic heterocycles. The van der Waals surface area contributed by atoms with Gasteiger partial charge in [0.05, 0.1) is 6.61 Å². The number of rotatable bonds is 3. The largest absolute Gasteiger partial charge is 0.550 e. The van der Waals surface area contributed by atoms with E-state index in [0.29, 0.717) is 6.42 Å². The first-order chi connectivity index (χ1) is 9.75. The molecule has 3 nitrogen and oxygen atoms in total. The maximum atomic E-state index is 10.3. The summed E-state index contributed by atoms with van der Waals surface area (Å²) in [5, 5.41) is 15.0. The van der Waals surface area contributed by atoms with Crippen LogP contribution < -0.4 is 0 Å². The van der Waals surface area contributed by atoms with Gasteiger partial charge in [-0.2, -0.15) is 9.90 Å². The van der Waals surface area contributed by atoms with E-state index in [2.05, 4.69) is 35.1 Å². The third-order valence-corrected chi connectivity index (χ3v) is 3.47. The van der Waals surface area contributed by atoms with Gasteiger partial charge in [-0.1, -0.05) is 54.6 Å². The van der Waals surface area contributed by atoms with Gasteiger partial charge in [0, 0.05) is 6.42 Å². The highest BCUT2D eigenvalue weighted by Gasteiger charge is 2.06. The monoisotopic (exact) mass is 265 g/mol. The molecular weight excluding hydrogens is 252 g/mol. The molecule has 0 fully saturated rings. The first kappa shape index (κ1) is 12.5. The molecule has 0 aliphatic rings. The van der Waals surface area contributed by atoms with Crippen LogP contribution in [0.3, 0.4) is 0 Å². The van der Waals surface area contributed by atoms with Gasteiger partial charge in [0.25, 0.3) is 0 Å². The number of benzene rings is 3. The minimum atomic E-state index is -1.48. The molecule has 0 spiro atoms. The normalized spacial score (nSPS) is 10.8. The van der Waals surface area contributed by atoms with Crippen molar-refractivity contribution in [3.8, 4) is 0 Å². The van der Waals surface area contributed by atoms with Crippen molar-refractivity contribution in [2.24, 2.45) is 0 Å². The molecule has 0 N–H and O–H groups in total. The molecule has 20 heavy (non-hydrogen) atoms. The second kappa shape index (κ2) is 5.21. The number of ether oxygens (including phenoxy) is 1. The predicted octanol–water partition coefficient (Wildman–Crippen LogP) is 4.10. The van der Waals surface area contributed by atoms with Crippen molar-refractivity contribution < 1.29 is 14.6 Å². The molecule has 0 saturated heterocycles. The average Bonchev–Trinajstić information content (AvgIpc) is 2.47. The molecule has 0 aromatic heterocycles. The predicted molar refractivity (Wildman–Crippen MR) is 77.2 cm³/mol. The Kier molecular flexibility index (Phi) is 3.25. The Labute approximate surface area is 116 Å². The Morgan fingerprint density at radius 2 is 1.65 bits per heavy atom. The first-order valence-corrected chi connectivity index (χ1v) is 6.49. The minimum Gasteiger partial charge on any atom is -0.431 e.